The van der Waals surface area contributed by atoms with E-state index < -0.39 is 0 Å². The van der Waals surface area contributed by atoms with Crippen molar-refractivity contribution in [1.29, 1.82) is 0 Å². The second-order valence-corrected chi connectivity index (χ2v) is 5.98. The summed E-state index contributed by atoms with van der Waals surface area (Å²) in [5.74, 6) is 0.612. The molecule has 2 heteroatoms. The summed E-state index contributed by atoms with van der Waals surface area (Å²) in [5.41, 5.74) is 2.84. The highest BCUT2D eigenvalue weighted by molar-refractivity contribution is 5.27. The van der Waals surface area contributed by atoms with Gasteiger partial charge in [0.2, 0.25) is 0 Å². The van der Waals surface area contributed by atoms with Gasteiger partial charge in [-0.1, -0.05) is 38.1 Å². The molecule has 1 aromatic carbocycles. The number of hydrogen-bond acceptors (Lipinski definition) is 2. The minimum absolute atomic E-state index is 0.479. The molecule has 1 unspecified atom stereocenters. The van der Waals surface area contributed by atoms with E-state index in [1.807, 2.05) is 0 Å². The molecule has 2 nitrogen and oxygen atoms in total. The lowest BCUT2D eigenvalue weighted by molar-refractivity contribution is 0.288. The van der Waals surface area contributed by atoms with Crippen LogP contribution in [0.15, 0.2) is 24.3 Å². The second kappa shape index (κ2) is 5.85. The predicted molar refractivity (Wildman–Crippen MR) is 78.0 cm³/mol. The lowest BCUT2D eigenvalue weighted by atomic mass is 9.98. The highest BCUT2D eigenvalue weighted by Crippen LogP contribution is 2.24. The van der Waals surface area contributed by atoms with Crippen LogP contribution in [0.3, 0.4) is 0 Å². The molecule has 0 saturated heterocycles. The van der Waals surface area contributed by atoms with Gasteiger partial charge in [0.15, 0.2) is 0 Å². The first kappa shape index (κ1) is 13.6. The summed E-state index contributed by atoms with van der Waals surface area (Å²) in [6.45, 7) is 5.54. The molecule has 0 heterocycles. The molecule has 1 N–H and O–H groups in total. The van der Waals surface area contributed by atoms with E-state index in [0.29, 0.717) is 12.0 Å². The average Bonchev–Trinajstić information content (AvgIpc) is 3.13. The summed E-state index contributed by atoms with van der Waals surface area (Å²) in [6.07, 6.45) is 2.71. The van der Waals surface area contributed by atoms with Crippen molar-refractivity contribution >= 4 is 0 Å². The quantitative estimate of drug-likeness (QED) is 0.829. The molecule has 1 saturated carbocycles. The van der Waals surface area contributed by atoms with Crippen molar-refractivity contribution in [1.82, 2.24) is 10.2 Å². The number of likely N-dealkylation sites (N-methyl/N-ethyl adjacent to an activating group) is 1. The van der Waals surface area contributed by atoms with Gasteiger partial charge in [-0.2, -0.15) is 0 Å². The van der Waals surface area contributed by atoms with Gasteiger partial charge < -0.3 is 10.2 Å². The fraction of sp³-hybridized carbons (Fsp3) is 0.625. The zero-order valence-electron chi connectivity index (χ0n) is 12.1. The molecule has 2 rings (SSSR count). The van der Waals surface area contributed by atoms with Crippen LogP contribution in [0.2, 0.25) is 0 Å². The zero-order valence-corrected chi connectivity index (χ0v) is 12.1. The maximum Gasteiger partial charge on any atom is 0.0466 e. The fourth-order valence-corrected chi connectivity index (χ4v) is 2.27. The van der Waals surface area contributed by atoms with Crippen molar-refractivity contribution in [3.63, 3.8) is 0 Å². The third kappa shape index (κ3) is 3.56. The third-order valence-corrected chi connectivity index (χ3v) is 3.79. The molecular formula is C16H26N2. The molecule has 0 radical (unpaired) electrons. The molecule has 0 aliphatic heterocycles. The van der Waals surface area contributed by atoms with Crippen molar-refractivity contribution in [3.8, 4) is 0 Å². The van der Waals surface area contributed by atoms with E-state index in [2.05, 4.69) is 62.4 Å². The zero-order chi connectivity index (χ0) is 13.1. The number of benzene rings is 1. The van der Waals surface area contributed by atoms with Gasteiger partial charge in [0.25, 0.3) is 0 Å². The lowest BCUT2D eigenvalue weighted by Gasteiger charge is -2.25. The van der Waals surface area contributed by atoms with E-state index >= 15 is 0 Å². The number of rotatable bonds is 6. The molecule has 0 bridgehead atoms. The molecule has 1 aliphatic rings. The molecule has 1 aliphatic carbocycles. The van der Waals surface area contributed by atoms with Crippen LogP contribution in [0.4, 0.5) is 0 Å². The highest BCUT2D eigenvalue weighted by atomic mass is 15.1. The molecule has 0 amide bonds. The summed E-state index contributed by atoms with van der Waals surface area (Å²) in [5, 5.41) is 3.63. The topological polar surface area (TPSA) is 15.3 Å². The van der Waals surface area contributed by atoms with Crippen LogP contribution in [0.1, 0.15) is 49.8 Å². The Balaban J connectivity index is 2.03. The van der Waals surface area contributed by atoms with Crippen molar-refractivity contribution in [3.05, 3.63) is 35.4 Å². The Morgan fingerprint density at radius 2 is 1.67 bits per heavy atom. The molecule has 1 atom stereocenters. The van der Waals surface area contributed by atoms with Gasteiger partial charge in [-0.25, -0.2) is 0 Å². The van der Waals surface area contributed by atoms with Gasteiger partial charge in [0.1, 0.15) is 0 Å². The smallest absolute Gasteiger partial charge is 0.0466 e. The van der Waals surface area contributed by atoms with Crippen LogP contribution in [0.5, 0.6) is 0 Å². The van der Waals surface area contributed by atoms with Gasteiger partial charge in [-0.05, 0) is 44.0 Å². The Bertz CT molecular complexity index is 363. The van der Waals surface area contributed by atoms with Crippen LogP contribution >= 0.6 is 0 Å². The first-order valence-electron chi connectivity index (χ1n) is 7.07. The lowest BCUT2D eigenvalue weighted by Crippen LogP contribution is -2.32. The van der Waals surface area contributed by atoms with Gasteiger partial charge in [-0.15, -0.1) is 0 Å². The van der Waals surface area contributed by atoms with Crippen LogP contribution in [0, 0.1) is 0 Å². The van der Waals surface area contributed by atoms with E-state index in [-0.39, 0.29) is 0 Å². The SMILES string of the molecule is CC(C)c1ccc(C(CNC2CC2)N(C)C)cc1. The van der Waals surface area contributed by atoms with Crippen LogP contribution in [0.25, 0.3) is 0 Å². The fourth-order valence-electron chi connectivity index (χ4n) is 2.27. The van der Waals surface area contributed by atoms with Gasteiger partial charge in [0.05, 0.1) is 0 Å². The van der Waals surface area contributed by atoms with E-state index in [1.54, 1.807) is 0 Å². The monoisotopic (exact) mass is 246 g/mol. The summed E-state index contributed by atoms with van der Waals surface area (Å²) < 4.78 is 0. The standard InChI is InChI=1S/C16H26N2/c1-12(2)13-5-7-14(8-6-13)16(18(3)4)11-17-15-9-10-15/h5-8,12,15-17H,9-11H2,1-4H3. The molecule has 18 heavy (non-hydrogen) atoms. The molecule has 0 aromatic heterocycles. The molecule has 0 spiro atoms. The van der Waals surface area contributed by atoms with Crippen molar-refractivity contribution in [2.75, 3.05) is 20.6 Å². The van der Waals surface area contributed by atoms with Crippen LogP contribution in [-0.2, 0) is 0 Å². The Morgan fingerprint density at radius 1 is 1.11 bits per heavy atom. The Kier molecular flexibility index (Phi) is 4.41. The first-order chi connectivity index (χ1) is 8.58. The molecule has 1 aromatic rings. The van der Waals surface area contributed by atoms with Gasteiger partial charge in [0, 0.05) is 18.6 Å². The summed E-state index contributed by atoms with van der Waals surface area (Å²) in [6, 6.07) is 10.4. The van der Waals surface area contributed by atoms with E-state index in [0.717, 1.165) is 12.6 Å². The van der Waals surface area contributed by atoms with Crippen molar-refractivity contribution in [2.45, 2.75) is 44.7 Å². The number of nitrogens with one attached hydrogen (secondary N) is 1. The Labute approximate surface area is 111 Å². The predicted octanol–water partition coefficient (Wildman–Crippen LogP) is 3.16. The number of nitrogens with zero attached hydrogens (tertiary/aromatic N) is 1. The summed E-state index contributed by atoms with van der Waals surface area (Å²) >= 11 is 0. The minimum atomic E-state index is 0.479. The van der Waals surface area contributed by atoms with Crippen molar-refractivity contribution < 1.29 is 0 Å². The Hall–Kier alpha value is -0.860. The molecule has 1 fully saturated rings. The van der Waals surface area contributed by atoms with E-state index in [9.17, 15) is 0 Å². The summed E-state index contributed by atoms with van der Waals surface area (Å²) in [4.78, 5) is 2.31. The van der Waals surface area contributed by atoms with Gasteiger partial charge in [-0.3, -0.25) is 0 Å². The van der Waals surface area contributed by atoms with Crippen LogP contribution in [-0.4, -0.2) is 31.6 Å². The van der Waals surface area contributed by atoms with E-state index in [4.69, 9.17) is 0 Å². The van der Waals surface area contributed by atoms with E-state index in [1.165, 1.54) is 24.0 Å². The van der Waals surface area contributed by atoms with Crippen molar-refractivity contribution in [2.24, 2.45) is 0 Å². The largest absolute Gasteiger partial charge is 0.312 e. The van der Waals surface area contributed by atoms with Gasteiger partial charge >= 0.3 is 0 Å². The molecule has 100 valence electrons. The summed E-state index contributed by atoms with van der Waals surface area (Å²) in [7, 11) is 4.32. The number of hydrogen-bond donors (Lipinski definition) is 1. The maximum atomic E-state index is 3.63. The maximum absolute atomic E-state index is 3.63. The molecular weight excluding hydrogens is 220 g/mol. The normalized spacial score (nSPS) is 17.4. The second-order valence-electron chi connectivity index (χ2n) is 5.98. The highest BCUT2D eigenvalue weighted by Gasteiger charge is 2.23. The average molecular weight is 246 g/mol. The first-order valence-corrected chi connectivity index (χ1v) is 7.07. The van der Waals surface area contributed by atoms with Crippen LogP contribution < -0.4 is 5.32 Å². The third-order valence-electron chi connectivity index (χ3n) is 3.79. The Morgan fingerprint density at radius 3 is 2.11 bits per heavy atom. The minimum Gasteiger partial charge on any atom is -0.312 e.